The van der Waals surface area contributed by atoms with Gasteiger partial charge in [0.2, 0.25) is 5.95 Å². The average molecular weight is 264 g/mol. The van der Waals surface area contributed by atoms with Crippen LogP contribution in [0.25, 0.3) is 11.0 Å². The van der Waals surface area contributed by atoms with Crippen LogP contribution in [0.5, 0.6) is 0 Å². The number of aromatic nitrogens is 4. The van der Waals surface area contributed by atoms with Crippen molar-refractivity contribution in [3.63, 3.8) is 0 Å². The highest BCUT2D eigenvalue weighted by molar-refractivity contribution is 7.99. The summed E-state index contributed by atoms with van der Waals surface area (Å²) in [4.78, 5) is 8.38. The normalized spacial score (nSPS) is 23.6. The fourth-order valence-corrected chi connectivity index (χ4v) is 3.24. The lowest BCUT2D eigenvalue weighted by Crippen LogP contribution is -2.17. The third-order valence-electron chi connectivity index (χ3n) is 3.39. The molecule has 2 atom stereocenters. The molecule has 1 saturated carbocycles. The van der Waals surface area contributed by atoms with E-state index in [0.29, 0.717) is 11.7 Å². The number of anilines is 2. The van der Waals surface area contributed by atoms with Crippen LogP contribution in [0, 0.1) is 0 Å². The Labute approximate surface area is 109 Å². The van der Waals surface area contributed by atoms with Gasteiger partial charge in [0.15, 0.2) is 5.65 Å². The molecule has 0 radical (unpaired) electrons. The van der Waals surface area contributed by atoms with Gasteiger partial charge in [-0.2, -0.15) is 26.8 Å². The van der Waals surface area contributed by atoms with E-state index >= 15 is 0 Å². The number of thioether (sulfide) groups is 1. The number of nitrogens with one attached hydrogen (secondary N) is 2. The molecule has 1 aliphatic carbocycles. The van der Waals surface area contributed by atoms with Crippen molar-refractivity contribution in [2.75, 3.05) is 17.3 Å². The minimum Gasteiger partial charge on any atom is -0.368 e. The lowest BCUT2D eigenvalue weighted by atomic mass is 10.2. The number of aromatic amines is 1. The van der Waals surface area contributed by atoms with Crippen molar-refractivity contribution < 1.29 is 0 Å². The van der Waals surface area contributed by atoms with Crippen molar-refractivity contribution in [2.24, 2.45) is 0 Å². The number of nitrogens with zero attached hydrogens (tertiary/aromatic N) is 3. The largest absolute Gasteiger partial charge is 0.368 e. The van der Waals surface area contributed by atoms with E-state index in [4.69, 9.17) is 5.73 Å². The van der Waals surface area contributed by atoms with E-state index in [1.165, 1.54) is 19.3 Å². The summed E-state index contributed by atoms with van der Waals surface area (Å²) in [6.45, 7) is 0. The van der Waals surface area contributed by atoms with Gasteiger partial charge in [-0.25, -0.2) is 0 Å². The lowest BCUT2D eigenvalue weighted by Gasteiger charge is -2.14. The van der Waals surface area contributed by atoms with Crippen molar-refractivity contribution >= 4 is 34.6 Å². The first-order valence-corrected chi connectivity index (χ1v) is 7.31. The Morgan fingerprint density at radius 1 is 1.44 bits per heavy atom. The molecule has 7 heteroatoms. The SMILES string of the molecule is CSC1CCC(Nc2nc(N)nc3[nH]ncc23)C1. The second-order valence-electron chi connectivity index (χ2n) is 4.57. The van der Waals surface area contributed by atoms with Gasteiger partial charge >= 0.3 is 0 Å². The Bertz CT molecular complexity index is 553. The molecule has 6 nitrogen and oxygen atoms in total. The van der Waals surface area contributed by atoms with Crippen LogP contribution in [0.4, 0.5) is 11.8 Å². The molecule has 0 aliphatic heterocycles. The molecule has 0 saturated heterocycles. The molecule has 2 heterocycles. The molecule has 18 heavy (non-hydrogen) atoms. The summed E-state index contributed by atoms with van der Waals surface area (Å²) in [6.07, 6.45) is 7.51. The molecule has 3 rings (SSSR count). The zero-order valence-electron chi connectivity index (χ0n) is 10.2. The summed E-state index contributed by atoms with van der Waals surface area (Å²) in [5.41, 5.74) is 6.38. The number of nitrogens with two attached hydrogens (primary N) is 1. The molecule has 1 fully saturated rings. The molecule has 4 N–H and O–H groups in total. The van der Waals surface area contributed by atoms with Gasteiger partial charge < -0.3 is 11.1 Å². The van der Waals surface area contributed by atoms with Crippen LogP contribution in [0.1, 0.15) is 19.3 Å². The van der Waals surface area contributed by atoms with Gasteiger partial charge in [0.05, 0.1) is 11.6 Å². The van der Waals surface area contributed by atoms with E-state index < -0.39 is 0 Å². The predicted octanol–water partition coefficient (Wildman–Crippen LogP) is 1.63. The van der Waals surface area contributed by atoms with Gasteiger partial charge in [-0.05, 0) is 25.5 Å². The predicted molar refractivity (Wildman–Crippen MR) is 74.7 cm³/mol. The number of rotatable bonds is 3. The molecule has 0 aromatic carbocycles. The van der Waals surface area contributed by atoms with Gasteiger partial charge in [-0.15, -0.1) is 0 Å². The van der Waals surface area contributed by atoms with E-state index in [1.807, 2.05) is 11.8 Å². The van der Waals surface area contributed by atoms with Crippen LogP contribution < -0.4 is 11.1 Å². The van der Waals surface area contributed by atoms with E-state index in [-0.39, 0.29) is 5.95 Å². The Hall–Kier alpha value is -1.50. The first kappa shape index (κ1) is 11.6. The molecule has 2 aromatic heterocycles. The van der Waals surface area contributed by atoms with Crippen LogP contribution in [-0.2, 0) is 0 Å². The molecule has 2 aromatic rings. The Kier molecular flexibility index (Phi) is 2.99. The quantitative estimate of drug-likeness (QED) is 0.780. The Balaban J connectivity index is 1.84. The summed E-state index contributed by atoms with van der Waals surface area (Å²) in [5.74, 6) is 1.06. The third-order valence-corrected chi connectivity index (χ3v) is 4.48. The van der Waals surface area contributed by atoms with Gasteiger partial charge in [0.25, 0.3) is 0 Å². The van der Waals surface area contributed by atoms with Crippen LogP contribution in [0.3, 0.4) is 0 Å². The van der Waals surface area contributed by atoms with Crippen molar-refractivity contribution in [1.29, 1.82) is 0 Å². The summed E-state index contributed by atoms with van der Waals surface area (Å²) >= 11 is 1.94. The summed E-state index contributed by atoms with van der Waals surface area (Å²) in [5, 5.41) is 11.9. The highest BCUT2D eigenvalue weighted by atomic mass is 32.2. The average Bonchev–Trinajstić information content (AvgIpc) is 2.97. The molecule has 0 spiro atoms. The molecule has 1 aliphatic rings. The minimum atomic E-state index is 0.272. The van der Waals surface area contributed by atoms with Gasteiger partial charge in [0.1, 0.15) is 5.82 Å². The monoisotopic (exact) mass is 264 g/mol. The number of fused-ring (bicyclic) bond motifs is 1. The molecular formula is C11H16N6S. The maximum Gasteiger partial charge on any atom is 0.224 e. The zero-order chi connectivity index (χ0) is 12.5. The molecule has 0 amide bonds. The van der Waals surface area contributed by atoms with Gasteiger partial charge in [0, 0.05) is 11.3 Å². The van der Waals surface area contributed by atoms with Crippen LogP contribution in [0.2, 0.25) is 0 Å². The molecular weight excluding hydrogens is 248 g/mol. The highest BCUT2D eigenvalue weighted by Gasteiger charge is 2.24. The maximum absolute atomic E-state index is 5.70. The van der Waals surface area contributed by atoms with E-state index in [0.717, 1.165) is 16.5 Å². The second kappa shape index (κ2) is 4.64. The first-order valence-electron chi connectivity index (χ1n) is 6.02. The second-order valence-corrected chi connectivity index (χ2v) is 5.71. The maximum atomic E-state index is 5.70. The van der Waals surface area contributed by atoms with Crippen molar-refractivity contribution in [3.8, 4) is 0 Å². The number of hydrogen-bond acceptors (Lipinski definition) is 6. The highest BCUT2D eigenvalue weighted by Crippen LogP contribution is 2.31. The van der Waals surface area contributed by atoms with Crippen molar-refractivity contribution in [2.45, 2.75) is 30.6 Å². The Morgan fingerprint density at radius 2 is 2.33 bits per heavy atom. The fraction of sp³-hybridized carbons (Fsp3) is 0.545. The van der Waals surface area contributed by atoms with Crippen LogP contribution in [0.15, 0.2) is 6.20 Å². The van der Waals surface area contributed by atoms with E-state index in [9.17, 15) is 0 Å². The number of H-pyrrole nitrogens is 1. The summed E-state index contributed by atoms with van der Waals surface area (Å²) in [6, 6.07) is 0.467. The number of nitrogen functional groups attached to an aromatic ring is 1. The Morgan fingerprint density at radius 3 is 3.11 bits per heavy atom. The molecule has 0 bridgehead atoms. The standard InChI is InChI=1S/C11H16N6S/c1-18-7-3-2-6(4-7)14-9-8-5-13-17-10(8)16-11(12)15-9/h5-7H,2-4H2,1H3,(H4,12,13,14,15,16,17). The van der Waals surface area contributed by atoms with Gasteiger partial charge in [-0.1, -0.05) is 0 Å². The zero-order valence-corrected chi connectivity index (χ0v) is 11.0. The van der Waals surface area contributed by atoms with Crippen LogP contribution in [-0.4, -0.2) is 37.7 Å². The van der Waals surface area contributed by atoms with E-state index in [2.05, 4.69) is 31.7 Å². The summed E-state index contributed by atoms with van der Waals surface area (Å²) < 4.78 is 0. The molecule has 2 unspecified atom stereocenters. The smallest absolute Gasteiger partial charge is 0.224 e. The first-order chi connectivity index (χ1) is 8.76. The minimum absolute atomic E-state index is 0.272. The number of hydrogen-bond donors (Lipinski definition) is 3. The van der Waals surface area contributed by atoms with Crippen LogP contribution >= 0.6 is 11.8 Å². The lowest BCUT2D eigenvalue weighted by molar-refractivity contribution is 0.753. The van der Waals surface area contributed by atoms with Gasteiger partial charge in [-0.3, -0.25) is 5.10 Å². The molecule has 96 valence electrons. The van der Waals surface area contributed by atoms with Crippen molar-refractivity contribution in [1.82, 2.24) is 20.2 Å². The third kappa shape index (κ3) is 2.10. The summed E-state index contributed by atoms with van der Waals surface area (Å²) in [7, 11) is 0. The topological polar surface area (TPSA) is 92.5 Å². The van der Waals surface area contributed by atoms with E-state index in [1.54, 1.807) is 6.20 Å². The fourth-order valence-electron chi connectivity index (χ4n) is 2.44. The van der Waals surface area contributed by atoms with Crippen molar-refractivity contribution in [3.05, 3.63) is 6.20 Å².